The van der Waals surface area contributed by atoms with Crippen molar-refractivity contribution in [1.82, 2.24) is 14.4 Å². The minimum Gasteiger partial charge on any atom is -0.357 e. The van der Waals surface area contributed by atoms with Gasteiger partial charge in [0, 0.05) is 51.7 Å². The topological polar surface area (TPSA) is 11.4 Å². The molecule has 1 aliphatic rings. The second kappa shape index (κ2) is 5.23. The van der Waals surface area contributed by atoms with Gasteiger partial charge in [0.1, 0.15) is 0 Å². The van der Waals surface area contributed by atoms with Crippen LogP contribution >= 0.6 is 0 Å². The van der Waals surface area contributed by atoms with Gasteiger partial charge in [-0.25, -0.2) is 0 Å². The normalized spacial score (nSPS) is 23.5. The summed E-state index contributed by atoms with van der Waals surface area (Å²) in [7, 11) is 4.32. The first-order valence-corrected chi connectivity index (χ1v) is 6.59. The largest absolute Gasteiger partial charge is 0.357 e. The molecule has 0 aliphatic carbocycles. The van der Waals surface area contributed by atoms with Gasteiger partial charge in [0.15, 0.2) is 0 Å². The highest BCUT2D eigenvalue weighted by molar-refractivity contribution is 5.10. The lowest BCUT2D eigenvalue weighted by Crippen LogP contribution is -2.53. The van der Waals surface area contributed by atoms with E-state index < -0.39 is 0 Å². The summed E-state index contributed by atoms with van der Waals surface area (Å²) in [6, 6.07) is 2.92. The Balaban J connectivity index is 2.02. The Morgan fingerprint density at radius 3 is 2.65 bits per heavy atom. The number of rotatable bonds is 3. The van der Waals surface area contributed by atoms with Gasteiger partial charge in [-0.3, -0.25) is 4.90 Å². The fraction of sp³-hybridized carbons (Fsp3) is 0.714. The molecule has 0 N–H and O–H groups in total. The summed E-state index contributed by atoms with van der Waals surface area (Å²) >= 11 is 0. The van der Waals surface area contributed by atoms with Crippen molar-refractivity contribution >= 4 is 0 Å². The van der Waals surface area contributed by atoms with Crippen molar-refractivity contribution in [1.29, 1.82) is 0 Å². The lowest BCUT2D eigenvalue weighted by Gasteiger charge is -2.42. The third kappa shape index (κ3) is 3.11. The first-order chi connectivity index (χ1) is 8.06. The Morgan fingerprint density at radius 2 is 2.06 bits per heavy atom. The van der Waals surface area contributed by atoms with E-state index in [-0.39, 0.29) is 0 Å². The second-order valence-corrected chi connectivity index (χ2v) is 5.73. The molecule has 2 rings (SSSR count). The third-order valence-corrected chi connectivity index (χ3v) is 3.79. The van der Waals surface area contributed by atoms with E-state index in [0.29, 0.717) is 6.04 Å². The van der Waals surface area contributed by atoms with Gasteiger partial charge in [0.2, 0.25) is 0 Å². The first kappa shape index (κ1) is 12.7. The summed E-state index contributed by atoms with van der Waals surface area (Å²) in [6.07, 6.45) is 4.37. The van der Waals surface area contributed by atoms with Crippen molar-refractivity contribution in [3.63, 3.8) is 0 Å². The van der Waals surface area contributed by atoms with Crippen LogP contribution in [-0.4, -0.2) is 47.1 Å². The van der Waals surface area contributed by atoms with E-state index >= 15 is 0 Å². The molecule has 0 radical (unpaired) electrons. The quantitative estimate of drug-likeness (QED) is 0.791. The van der Waals surface area contributed by atoms with E-state index in [0.717, 1.165) is 12.5 Å². The van der Waals surface area contributed by atoms with Gasteiger partial charge in [-0.05, 0) is 24.6 Å². The van der Waals surface area contributed by atoms with Crippen LogP contribution in [0.3, 0.4) is 0 Å². The minimum atomic E-state index is 0.689. The molecule has 1 saturated heterocycles. The van der Waals surface area contributed by atoms with Crippen LogP contribution in [0.5, 0.6) is 0 Å². The fourth-order valence-corrected chi connectivity index (χ4v) is 2.71. The van der Waals surface area contributed by atoms with Gasteiger partial charge in [0.05, 0.1) is 0 Å². The number of hydrogen-bond donors (Lipinski definition) is 0. The number of nitrogens with zero attached hydrogens (tertiary/aromatic N) is 3. The molecular weight excluding hydrogens is 210 g/mol. The monoisotopic (exact) mass is 235 g/mol. The number of aromatic nitrogens is 1. The average molecular weight is 235 g/mol. The fourth-order valence-electron chi connectivity index (χ4n) is 2.71. The summed E-state index contributed by atoms with van der Waals surface area (Å²) in [5, 5.41) is 0. The predicted molar refractivity (Wildman–Crippen MR) is 71.9 cm³/mol. The summed E-state index contributed by atoms with van der Waals surface area (Å²) in [6.45, 7) is 9.34. The zero-order chi connectivity index (χ0) is 12.4. The molecule has 1 fully saturated rings. The molecular formula is C14H25N3. The van der Waals surface area contributed by atoms with E-state index in [1.807, 2.05) is 0 Å². The minimum absolute atomic E-state index is 0.689. The molecule has 2 heterocycles. The molecule has 3 nitrogen and oxygen atoms in total. The van der Waals surface area contributed by atoms with Gasteiger partial charge in [-0.15, -0.1) is 0 Å². The van der Waals surface area contributed by atoms with Crippen LogP contribution in [0.4, 0.5) is 0 Å². The molecule has 96 valence electrons. The van der Waals surface area contributed by atoms with Crippen molar-refractivity contribution in [3.05, 3.63) is 24.0 Å². The molecule has 1 aromatic heterocycles. The van der Waals surface area contributed by atoms with Crippen LogP contribution in [0.2, 0.25) is 0 Å². The molecule has 17 heavy (non-hydrogen) atoms. The van der Waals surface area contributed by atoms with E-state index in [1.54, 1.807) is 0 Å². The molecule has 0 unspecified atom stereocenters. The van der Waals surface area contributed by atoms with E-state index in [2.05, 4.69) is 60.8 Å². The van der Waals surface area contributed by atoms with Gasteiger partial charge in [-0.2, -0.15) is 0 Å². The number of aryl methyl sites for hydroxylation is 1. The van der Waals surface area contributed by atoms with Crippen LogP contribution in [0.15, 0.2) is 18.5 Å². The van der Waals surface area contributed by atoms with Crippen molar-refractivity contribution in [2.45, 2.75) is 26.4 Å². The predicted octanol–water partition coefficient (Wildman–Crippen LogP) is 1.80. The Kier molecular flexibility index (Phi) is 3.89. The SMILES string of the molecule is CC(C)[C@@H]1CN(C)CCN1Cc1ccn(C)c1. The average Bonchev–Trinajstić information content (AvgIpc) is 2.66. The molecule has 0 bridgehead atoms. The highest BCUT2D eigenvalue weighted by Crippen LogP contribution is 2.19. The smallest absolute Gasteiger partial charge is 0.0252 e. The maximum absolute atomic E-state index is 2.64. The van der Waals surface area contributed by atoms with Crippen molar-refractivity contribution in [2.24, 2.45) is 13.0 Å². The summed E-state index contributed by atoms with van der Waals surface area (Å²) in [4.78, 5) is 5.09. The van der Waals surface area contributed by atoms with E-state index in [4.69, 9.17) is 0 Å². The Bertz CT molecular complexity index is 356. The number of hydrogen-bond acceptors (Lipinski definition) is 2. The van der Waals surface area contributed by atoms with Crippen LogP contribution < -0.4 is 0 Å². The van der Waals surface area contributed by atoms with Gasteiger partial charge < -0.3 is 9.47 Å². The molecule has 0 spiro atoms. The summed E-state index contributed by atoms with van der Waals surface area (Å²) in [5.74, 6) is 0.724. The molecule has 1 aromatic rings. The lowest BCUT2D eigenvalue weighted by atomic mass is 9.99. The Morgan fingerprint density at radius 1 is 1.29 bits per heavy atom. The standard InChI is InChI=1S/C14H25N3/c1-12(2)14-11-16(4)7-8-17(14)10-13-5-6-15(3)9-13/h5-6,9,12,14H,7-8,10-11H2,1-4H3/t14-/m0/s1. The molecule has 0 aromatic carbocycles. The highest BCUT2D eigenvalue weighted by atomic mass is 15.3. The van der Waals surface area contributed by atoms with Crippen molar-refractivity contribution in [3.8, 4) is 0 Å². The maximum Gasteiger partial charge on any atom is 0.0252 e. The maximum atomic E-state index is 2.64. The highest BCUT2D eigenvalue weighted by Gasteiger charge is 2.27. The molecule has 3 heteroatoms. The molecule has 0 saturated carbocycles. The van der Waals surface area contributed by atoms with E-state index in [9.17, 15) is 0 Å². The third-order valence-electron chi connectivity index (χ3n) is 3.79. The molecule has 0 amide bonds. The summed E-state index contributed by atoms with van der Waals surface area (Å²) in [5.41, 5.74) is 1.43. The second-order valence-electron chi connectivity index (χ2n) is 5.73. The number of likely N-dealkylation sites (N-methyl/N-ethyl adjacent to an activating group) is 1. The van der Waals surface area contributed by atoms with Crippen LogP contribution in [-0.2, 0) is 13.6 Å². The zero-order valence-electron chi connectivity index (χ0n) is 11.6. The van der Waals surface area contributed by atoms with E-state index in [1.165, 1.54) is 25.2 Å². The van der Waals surface area contributed by atoms with Crippen molar-refractivity contribution < 1.29 is 0 Å². The number of piperazine rings is 1. The molecule has 1 atom stereocenters. The van der Waals surface area contributed by atoms with Crippen LogP contribution in [0.25, 0.3) is 0 Å². The first-order valence-electron chi connectivity index (χ1n) is 6.59. The lowest BCUT2D eigenvalue weighted by molar-refractivity contribution is 0.0571. The Hall–Kier alpha value is -0.800. The van der Waals surface area contributed by atoms with Gasteiger partial charge in [-0.1, -0.05) is 13.8 Å². The van der Waals surface area contributed by atoms with Crippen molar-refractivity contribution in [2.75, 3.05) is 26.7 Å². The van der Waals surface area contributed by atoms with Crippen LogP contribution in [0.1, 0.15) is 19.4 Å². The van der Waals surface area contributed by atoms with Crippen LogP contribution in [0, 0.1) is 5.92 Å². The summed E-state index contributed by atoms with van der Waals surface area (Å²) < 4.78 is 2.13. The Labute approximate surface area is 105 Å². The zero-order valence-corrected chi connectivity index (χ0v) is 11.6. The van der Waals surface area contributed by atoms with Gasteiger partial charge >= 0.3 is 0 Å². The molecule has 1 aliphatic heterocycles. The van der Waals surface area contributed by atoms with Gasteiger partial charge in [0.25, 0.3) is 0 Å².